The SMILES string of the molecule is Brc1cccc(C2(c3ccsc3)CCC2)c1. The third kappa shape index (κ3) is 1.56. The zero-order valence-electron chi connectivity index (χ0n) is 8.95. The molecule has 1 aliphatic rings. The molecule has 0 bridgehead atoms. The van der Waals surface area contributed by atoms with Crippen molar-refractivity contribution in [2.75, 3.05) is 0 Å². The Labute approximate surface area is 108 Å². The molecule has 0 nitrogen and oxygen atoms in total. The van der Waals surface area contributed by atoms with E-state index in [1.54, 1.807) is 11.3 Å². The van der Waals surface area contributed by atoms with Crippen molar-refractivity contribution in [2.45, 2.75) is 24.7 Å². The molecule has 82 valence electrons. The van der Waals surface area contributed by atoms with Crippen molar-refractivity contribution in [3.05, 3.63) is 56.7 Å². The highest BCUT2D eigenvalue weighted by molar-refractivity contribution is 9.10. The first kappa shape index (κ1) is 10.5. The molecule has 0 atom stereocenters. The van der Waals surface area contributed by atoms with E-state index in [1.807, 2.05) is 0 Å². The molecule has 0 unspecified atom stereocenters. The van der Waals surface area contributed by atoms with Crippen molar-refractivity contribution in [3.8, 4) is 0 Å². The fraction of sp³-hybridized carbons (Fsp3) is 0.286. The summed E-state index contributed by atoms with van der Waals surface area (Å²) in [5.41, 5.74) is 3.28. The average Bonchev–Trinajstić information content (AvgIpc) is 2.70. The number of hydrogen-bond donors (Lipinski definition) is 0. The van der Waals surface area contributed by atoms with Gasteiger partial charge in [0.1, 0.15) is 0 Å². The van der Waals surface area contributed by atoms with Gasteiger partial charge in [0.15, 0.2) is 0 Å². The minimum Gasteiger partial charge on any atom is -0.152 e. The zero-order valence-corrected chi connectivity index (χ0v) is 11.4. The summed E-state index contributed by atoms with van der Waals surface area (Å²) in [5.74, 6) is 0. The minimum absolute atomic E-state index is 0.309. The highest BCUT2D eigenvalue weighted by Crippen LogP contribution is 2.49. The highest BCUT2D eigenvalue weighted by atomic mass is 79.9. The second-order valence-corrected chi connectivity index (χ2v) is 6.15. The summed E-state index contributed by atoms with van der Waals surface area (Å²) in [4.78, 5) is 0. The maximum absolute atomic E-state index is 3.57. The van der Waals surface area contributed by atoms with E-state index < -0.39 is 0 Å². The summed E-state index contributed by atoms with van der Waals surface area (Å²) in [7, 11) is 0. The Kier molecular flexibility index (Phi) is 2.64. The molecule has 1 saturated carbocycles. The van der Waals surface area contributed by atoms with Crippen molar-refractivity contribution in [2.24, 2.45) is 0 Å². The predicted molar refractivity (Wildman–Crippen MR) is 73.1 cm³/mol. The molecular weight excluding hydrogens is 280 g/mol. The second kappa shape index (κ2) is 4.01. The van der Waals surface area contributed by atoms with Crippen LogP contribution < -0.4 is 0 Å². The third-order valence-corrected chi connectivity index (χ3v) is 4.83. The largest absolute Gasteiger partial charge is 0.152 e. The van der Waals surface area contributed by atoms with Crippen molar-refractivity contribution in [1.82, 2.24) is 0 Å². The maximum Gasteiger partial charge on any atom is 0.0211 e. The van der Waals surface area contributed by atoms with Gasteiger partial charge in [0.25, 0.3) is 0 Å². The molecular formula is C14H13BrS. The van der Waals surface area contributed by atoms with Crippen LogP contribution in [0.1, 0.15) is 30.4 Å². The molecule has 16 heavy (non-hydrogen) atoms. The van der Waals surface area contributed by atoms with Crippen LogP contribution in [0.5, 0.6) is 0 Å². The Balaban J connectivity index is 2.09. The van der Waals surface area contributed by atoms with E-state index in [9.17, 15) is 0 Å². The Hall–Kier alpha value is -0.600. The molecule has 1 heterocycles. The Bertz CT molecular complexity index is 483. The van der Waals surface area contributed by atoms with Crippen LogP contribution in [0.3, 0.4) is 0 Å². The van der Waals surface area contributed by atoms with Crippen LogP contribution in [-0.4, -0.2) is 0 Å². The van der Waals surface area contributed by atoms with Gasteiger partial charge in [-0.1, -0.05) is 34.5 Å². The average molecular weight is 293 g/mol. The van der Waals surface area contributed by atoms with Crippen LogP contribution in [0.4, 0.5) is 0 Å². The normalized spacial score (nSPS) is 18.1. The maximum atomic E-state index is 3.57. The van der Waals surface area contributed by atoms with Crippen LogP contribution in [-0.2, 0) is 5.41 Å². The molecule has 0 radical (unpaired) electrons. The summed E-state index contributed by atoms with van der Waals surface area (Å²) in [6, 6.07) is 11.1. The summed E-state index contributed by atoms with van der Waals surface area (Å²) in [5, 5.41) is 4.49. The zero-order chi connectivity index (χ0) is 11.0. The van der Waals surface area contributed by atoms with Crippen molar-refractivity contribution in [1.29, 1.82) is 0 Å². The van der Waals surface area contributed by atoms with Gasteiger partial charge < -0.3 is 0 Å². The van der Waals surface area contributed by atoms with E-state index in [2.05, 4.69) is 57.0 Å². The Morgan fingerprint density at radius 1 is 1.12 bits per heavy atom. The third-order valence-electron chi connectivity index (χ3n) is 3.66. The lowest BCUT2D eigenvalue weighted by atomic mass is 9.61. The van der Waals surface area contributed by atoms with E-state index in [0.717, 1.165) is 0 Å². The van der Waals surface area contributed by atoms with E-state index in [-0.39, 0.29) is 0 Å². The Morgan fingerprint density at radius 3 is 2.56 bits per heavy atom. The van der Waals surface area contributed by atoms with Crippen LogP contribution in [0, 0.1) is 0 Å². The van der Waals surface area contributed by atoms with Gasteiger partial charge in [-0.05, 0) is 52.9 Å². The fourth-order valence-corrected chi connectivity index (χ4v) is 3.75. The monoisotopic (exact) mass is 292 g/mol. The van der Waals surface area contributed by atoms with Gasteiger partial charge in [0.05, 0.1) is 0 Å². The van der Waals surface area contributed by atoms with Gasteiger partial charge in [0.2, 0.25) is 0 Å². The van der Waals surface area contributed by atoms with E-state index in [0.29, 0.717) is 5.41 Å². The van der Waals surface area contributed by atoms with Gasteiger partial charge in [-0.25, -0.2) is 0 Å². The van der Waals surface area contributed by atoms with E-state index >= 15 is 0 Å². The number of thiophene rings is 1. The minimum atomic E-state index is 0.309. The lowest BCUT2D eigenvalue weighted by molar-refractivity contribution is 0.302. The van der Waals surface area contributed by atoms with Crippen LogP contribution in [0.15, 0.2) is 45.6 Å². The van der Waals surface area contributed by atoms with Gasteiger partial charge in [-0.15, -0.1) is 0 Å². The molecule has 1 aromatic carbocycles. The number of rotatable bonds is 2. The lowest BCUT2D eigenvalue weighted by Gasteiger charge is -2.42. The second-order valence-electron chi connectivity index (χ2n) is 4.46. The molecule has 0 N–H and O–H groups in total. The fourth-order valence-electron chi connectivity index (χ4n) is 2.60. The highest BCUT2D eigenvalue weighted by Gasteiger charge is 2.40. The first-order valence-corrected chi connectivity index (χ1v) is 7.34. The molecule has 1 aliphatic carbocycles. The van der Waals surface area contributed by atoms with Crippen LogP contribution in [0.2, 0.25) is 0 Å². The van der Waals surface area contributed by atoms with Crippen molar-refractivity contribution >= 4 is 27.3 Å². The molecule has 3 rings (SSSR count). The summed E-state index contributed by atoms with van der Waals surface area (Å²) >= 11 is 5.38. The van der Waals surface area contributed by atoms with E-state index in [1.165, 1.54) is 34.9 Å². The first-order chi connectivity index (χ1) is 7.81. The van der Waals surface area contributed by atoms with Crippen molar-refractivity contribution < 1.29 is 0 Å². The summed E-state index contributed by atoms with van der Waals surface area (Å²) < 4.78 is 1.19. The quantitative estimate of drug-likeness (QED) is 0.732. The lowest BCUT2D eigenvalue weighted by Crippen LogP contribution is -2.34. The molecule has 0 aliphatic heterocycles. The van der Waals surface area contributed by atoms with Gasteiger partial charge in [-0.3, -0.25) is 0 Å². The molecule has 2 heteroatoms. The first-order valence-electron chi connectivity index (χ1n) is 5.60. The predicted octanol–water partition coefficient (Wildman–Crippen LogP) is 4.98. The van der Waals surface area contributed by atoms with Crippen LogP contribution >= 0.6 is 27.3 Å². The molecule has 2 aromatic rings. The molecule has 0 spiro atoms. The molecule has 0 amide bonds. The van der Waals surface area contributed by atoms with Crippen LogP contribution in [0.25, 0.3) is 0 Å². The standard InChI is InChI=1S/C14H13BrS/c15-13-4-1-3-11(9-13)14(6-2-7-14)12-5-8-16-10-12/h1,3-5,8-10H,2,6-7H2. The molecule has 1 fully saturated rings. The summed E-state index contributed by atoms with van der Waals surface area (Å²) in [6.45, 7) is 0. The van der Waals surface area contributed by atoms with Gasteiger partial charge in [-0.2, -0.15) is 11.3 Å². The number of hydrogen-bond acceptors (Lipinski definition) is 1. The number of halogens is 1. The smallest absolute Gasteiger partial charge is 0.0211 e. The number of benzene rings is 1. The van der Waals surface area contributed by atoms with Gasteiger partial charge in [0, 0.05) is 9.89 Å². The molecule has 1 aromatic heterocycles. The van der Waals surface area contributed by atoms with Crippen molar-refractivity contribution in [3.63, 3.8) is 0 Å². The topological polar surface area (TPSA) is 0 Å². The van der Waals surface area contributed by atoms with E-state index in [4.69, 9.17) is 0 Å². The summed E-state index contributed by atoms with van der Waals surface area (Å²) in [6.07, 6.45) is 3.93. The molecule has 0 saturated heterocycles. The van der Waals surface area contributed by atoms with Gasteiger partial charge >= 0.3 is 0 Å². The Morgan fingerprint density at radius 2 is 2.00 bits per heavy atom.